The van der Waals surface area contributed by atoms with Gasteiger partial charge in [0.05, 0.1) is 6.61 Å². The minimum Gasteiger partial charge on any atom is -0.494 e. The molecule has 1 N–H and O–H groups in total. The predicted molar refractivity (Wildman–Crippen MR) is 90.9 cm³/mol. The van der Waals surface area contributed by atoms with Gasteiger partial charge in [0.1, 0.15) is 17.5 Å². The fourth-order valence-electron chi connectivity index (χ4n) is 1.86. The van der Waals surface area contributed by atoms with Crippen molar-refractivity contribution < 1.29 is 4.74 Å². The molecule has 3 nitrogen and oxygen atoms in total. The van der Waals surface area contributed by atoms with Crippen molar-refractivity contribution in [3.8, 4) is 11.8 Å². The number of allylic oxidation sites excluding steroid dienone is 1. The van der Waals surface area contributed by atoms with Crippen LogP contribution in [0.2, 0.25) is 5.02 Å². The molecule has 0 aliphatic carbocycles. The van der Waals surface area contributed by atoms with Crippen LogP contribution in [0.25, 0.3) is 6.08 Å². The molecule has 0 radical (unpaired) electrons. The number of nitriles is 1. The Bertz CT molecular complexity index is 687. The summed E-state index contributed by atoms with van der Waals surface area (Å²) >= 11 is 5.93. The maximum absolute atomic E-state index is 9.25. The highest BCUT2D eigenvalue weighted by molar-refractivity contribution is 6.30. The van der Waals surface area contributed by atoms with Gasteiger partial charge in [-0.25, -0.2) is 0 Å². The predicted octanol–water partition coefficient (Wildman–Crippen LogP) is 5.11. The van der Waals surface area contributed by atoms with E-state index < -0.39 is 0 Å². The summed E-state index contributed by atoms with van der Waals surface area (Å²) in [6.07, 6.45) is 2.76. The van der Waals surface area contributed by atoms with Crippen molar-refractivity contribution in [2.24, 2.45) is 0 Å². The first-order valence-corrected chi connectivity index (χ1v) is 7.46. The van der Waals surface area contributed by atoms with E-state index in [-0.39, 0.29) is 0 Å². The zero-order chi connectivity index (χ0) is 15.8. The second kappa shape index (κ2) is 8.11. The highest BCUT2D eigenvalue weighted by atomic mass is 35.5. The smallest absolute Gasteiger partial charge is 0.119 e. The van der Waals surface area contributed by atoms with E-state index >= 15 is 0 Å². The number of hydrogen-bond donors (Lipinski definition) is 1. The standard InChI is InChI=1S/C18H17ClN2O/c1-2-10-22-18-8-6-14(7-9-18)11-17(13-20)21-16-5-3-4-15(19)12-16/h3-9,11-12,21H,2,10H2,1H3. The SMILES string of the molecule is CCCOc1ccc(C=C(C#N)Nc2cccc(Cl)c2)cc1. The van der Waals surface area contributed by atoms with Crippen LogP contribution in [0.4, 0.5) is 5.69 Å². The van der Waals surface area contributed by atoms with Crippen LogP contribution in [-0.4, -0.2) is 6.61 Å². The van der Waals surface area contributed by atoms with Gasteiger partial charge in [0.2, 0.25) is 0 Å². The van der Waals surface area contributed by atoms with Gasteiger partial charge in [-0.05, 0) is 48.4 Å². The average molecular weight is 313 g/mol. The molecule has 0 aliphatic heterocycles. The lowest BCUT2D eigenvalue weighted by Gasteiger charge is -2.06. The van der Waals surface area contributed by atoms with Crippen molar-refractivity contribution in [2.45, 2.75) is 13.3 Å². The molecule has 4 heteroatoms. The third-order valence-electron chi connectivity index (χ3n) is 2.89. The number of rotatable bonds is 6. The first kappa shape index (κ1) is 15.9. The summed E-state index contributed by atoms with van der Waals surface area (Å²) in [5, 5.41) is 12.9. The lowest BCUT2D eigenvalue weighted by molar-refractivity contribution is 0.317. The minimum atomic E-state index is 0.449. The summed E-state index contributed by atoms with van der Waals surface area (Å²) in [7, 11) is 0. The van der Waals surface area contributed by atoms with Crippen LogP contribution in [0.3, 0.4) is 0 Å². The normalized spacial score (nSPS) is 10.9. The lowest BCUT2D eigenvalue weighted by Crippen LogP contribution is -1.97. The number of ether oxygens (including phenoxy) is 1. The van der Waals surface area contributed by atoms with Gasteiger partial charge in [-0.2, -0.15) is 5.26 Å². The van der Waals surface area contributed by atoms with Gasteiger partial charge < -0.3 is 10.1 Å². The molecule has 2 aromatic rings. The molecule has 2 rings (SSSR count). The van der Waals surface area contributed by atoms with Crippen LogP contribution >= 0.6 is 11.6 Å². The molecule has 0 saturated heterocycles. The van der Waals surface area contributed by atoms with Crippen molar-refractivity contribution in [3.05, 3.63) is 64.8 Å². The Balaban J connectivity index is 2.10. The van der Waals surface area contributed by atoms with Crippen LogP contribution in [0, 0.1) is 11.3 Å². The number of anilines is 1. The molecule has 0 saturated carbocycles. The Hall–Kier alpha value is -2.44. The zero-order valence-electron chi connectivity index (χ0n) is 12.3. The van der Waals surface area contributed by atoms with Crippen molar-refractivity contribution in [1.29, 1.82) is 5.26 Å². The van der Waals surface area contributed by atoms with Crippen LogP contribution in [-0.2, 0) is 0 Å². The first-order valence-electron chi connectivity index (χ1n) is 7.08. The summed E-state index contributed by atoms with van der Waals surface area (Å²) in [6, 6.07) is 17.0. The molecule has 22 heavy (non-hydrogen) atoms. The number of nitrogens with zero attached hydrogens (tertiary/aromatic N) is 1. The average Bonchev–Trinajstić information content (AvgIpc) is 2.53. The molecule has 0 amide bonds. The number of halogens is 1. The van der Waals surface area contributed by atoms with Crippen molar-refractivity contribution in [1.82, 2.24) is 0 Å². The van der Waals surface area contributed by atoms with Gasteiger partial charge >= 0.3 is 0 Å². The van der Waals surface area contributed by atoms with Gasteiger partial charge in [0.15, 0.2) is 0 Å². The number of hydrogen-bond acceptors (Lipinski definition) is 3. The third kappa shape index (κ3) is 4.83. The Morgan fingerprint density at radius 1 is 1.27 bits per heavy atom. The van der Waals surface area contributed by atoms with E-state index in [1.807, 2.05) is 36.4 Å². The number of nitrogens with one attached hydrogen (secondary N) is 1. The quantitative estimate of drug-likeness (QED) is 0.754. The van der Waals surface area contributed by atoms with E-state index in [0.717, 1.165) is 23.4 Å². The Kier molecular flexibility index (Phi) is 5.88. The summed E-state index contributed by atoms with van der Waals surface area (Å²) < 4.78 is 5.53. The van der Waals surface area contributed by atoms with Crippen molar-refractivity contribution in [3.63, 3.8) is 0 Å². The van der Waals surface area contributed by atoms with Crippen molar-refractivity contribution >= 4 is 23.4 Å². The van der Waals surface area contributed by atoms with E-state index in [0.29, 0.717) is 17.3 Å². The van der Waals surface area contributed by atoms with Gasteiger partial charge in [-0.15, -0.1) is 0 Å². The fraction of sp³-hybridized carbons (Fsp3) is 0.167. The summed E-state index contributed by atoms with van der Waals surface area (Å²) in [6.45, 7) is 2.77. The molecule has 0 aliphatic rings. The molecule has 112 valence electrons. The van der Waals surface area contributed by atoms with Gasteiger partial charge in [0.25, 0.3) is 0 Å². The van der Waals surface area contributed by atoms with E-state index in [9.17, 15) is 5.26 Å². The monoisotopic (exact) mass is 312 g/mol. The zero-order valence-corrected chi connectivity index (χ0v) is 13.1. The third-order valence-corrected chi connectivity index (χ3v) is 3.12. The van der Waals surface area contributed by atoms with Crippen LogP contribution in [0.15, 0.2) is 54.2 Å². The Labute approximate surface area is 135 Å². The number of benzene rings is 2. The maximum Gasteiger partial charge on any atom is 0.119 e. The molecule has 0 atom stereocenters. The highest BCUT2D eigenvalue weighted by Gasteiger charge is 2.00. The van der Waals surface area contributed by atoms with Crippen LogP contribution < -0.4 is 10.1 Å². The van der Waals surface area contributed by atoms with E-state index in [4.69, 9.17) is 16.3 Å². The lowest BCUT2D eigenvalue weighted by atomic mass is 10.2. The largest absolute Gasteiger partial charge is 0.494 e. The summed E-state index contributed by atoms with van der Waals surface area (Å²) in [5.74, 6) is 0.834. The summed E-state index contributed by atoms with van der Waals surface area (Å²) in [5.41, 5.74) is 2.16. The molecule has 0 heterocycles. The van der Waals surface area contributed by atoms with Crippen molar-refractivity contribution in [2.75, 3.05) is 11.9 Å². The topological polar surface area (TPSA) is 45.0 Å². The van der Waals surface area contributed by atoms with E-state index in [1.54, 1.807) is 18.2 Å². The molecule has 0 spiro atoms. The molecular formula is C18H17ClN2O. The van der Waals surface area contributed by atoms with Gasteiger partial charge in [-0.1, -0.05) is 36.7 Å². The van der Waals surface area contributed by atoms with Gasteiger partial charge in [0, 0.05) is 10.7 Å². The molecule has 0 fully saturated rings. The van der Waals surface area contributed by atoms with Crippen LogP contribution in [0.1, 0.15) is 18.9 Å². The minimum absolute atomic E-state index is 0.449. The van der Waals surface area contributed by atoms with Gasteiger partial charge in [-0.3, -0.25) is 0 Å². The van der Waals surface area contributed by atoms with E-state index in [2.05, 4.69) is 18.3 Å². The van der Waals surface area contributed by atoms with Crippen LogP contribution in [0.5, 0.6) is 5.75 Å². The second-order valence-electron chi connectivity index (χ2n) is 4.72. The molecule has 2 aromatic carbocycles. The fourth-order valence-corrected chi connectivity index (χ4v) is 2.06. The summed E-state index contributed by atoms with van der Waals surface area (Å²) in [4.78, 5) is 0. The molecule has 0 aromatic heterocycles. The second-order valence-corrected chi connectivity index (χ2v) is 5.16. The molecule has 0 bridgehead atoms. The highest BCUT2D eigenvalue weighted by Crippen LogP contribution is 2.18. The molecule has 0 unspecified atom stereocenters. The molecular weight excluding hydrogens is 296 g/mol. The first-order chi connectivity index (χ1) is 10.7. The van der Waals surface area contributed by atoms with E-state index in [1.165, 1.54) is 0 Å². The Morgan fingerprint density at radius 3 is 2.68 bits per heavy atom. The Morgan fingerprint density at radius 2 is 2.05 bits per heavy atom. The maximum atomic E-state index is 9.25.